The van der Waals surface area contributed by atoms with Gasteiger partial charge in [-0.25, -0.2) is 4.98 Å². The van der Waals surface area contributed by atoms with Crippen LogP contribution in [0.25, 0.3) is 22.4 Å². The summed E-state index contributed by atoms with van der Waals surface area (Å²) in [7, 11) is 0. The Balaban J connectivity index is 1.42. The van der Waals surface area contributed by atoms with E-state index < -0.39 is 0 Å². The molecular formula is C21H23N2S+. The molecule has 0 saturated carbocycles. The van der Waals surface area contributed by atoms with E-state index in [9.17, 15) is 0 Å². The Bertz CT molecular complexity index is 793. The second-order valence-electron chi connectivity index (χ2n) is 6.58. The predicted molar refractivity (Wildman–Crippen MR) is 103 cm³/mol. The van der Waals surface area contributed by atoms with Gasteiger partial charge >= 0.3 is 0 Å². The lowest BCUT2D eigenvalue weighted by atomic mass is 10.1. The Morgan fingerprint density at radius 1 is 0.917 bits per heavy atom. The number of likely N-dealkylation sites (tertiary alicyclic amines) is 1. The summed E-state index contributed by atoms with van der Waals surface area (Å²) in [5, 5.41) is 1.07. The number of fused-ring (bicyclic) bond motifs is 1. The van der Waals surface area contributed by atoms with Crippen molar-refractivity contribution in [1.29, 1.82) is 0 Å². The molecule has 24 heavy (non-hydrogen) atoms. The normalized spacial score (nSPS) is 16.2. The average Bonchev–Trinajstić information content (AvgIpc) is 3.05. The van der Waals surface area contributed by atoms with Crippen LogP contribution in [-0.2, 0) is 6.54 Å². The van der Waals surface area contributed by atoms with Crippen molar-refractivity contribution in [1.82, 2.24) is 4.98 Å². The molecule has 0 amide bonds. The highest BCUT2D eigenvalue weighted by Gasteiger charge is 2.13. The number of hydrogen-bond acceptors (Lipinski definition) is 2. The summed E-state index contributed by atoms with van der Waals surface area (Å²) in [4.78, 5) is 6.39. The molecule has 2 nitrogen and oxygen atoms in total. The molecule has 0 spiro atoms. The van der Waals surface area contributed by atoms with Gasteiger partial charge in [-0.3, -0.25) is 0 Å². The molecule has 0 atom stereocenters. The standard InChI is InChI=1S/C21H22N2S/c1-4-14-23(15-5-1)16-18-10-8-17(9-11-18)12-13-21-22-19-6-2-3-7-20(19)24-21/h2-3,6-13H,1,4-5,14-16H2/p+1/b13-12+. The molecule has 0 radical (unpaired) electrons. The summed E-state index contributed by atoms with van der Waals surface area (Å²) < 4.78 is 1.25. The highest BCUT2D eigenvalue weighted by Crippen LogP contribution is 2.23. The van der Waals surface area contributed by atoms with Crippen LogP contribution >= 0.6 is 11.3 Å². The van der Waals surface area contributed by atoms with Gasteiger partial charge in [-0.2, -0.15) is 0 Å². The molecule has 2 aromatic carbocycles. The number of nitrogens with zero attached hydrogens (tertiary/aromatic N) is 1. The fourth-order valence-electron chi connectivity index (χ4n) is 3.39. The Hall–Kier alpha value is -1.97. The molecular weight excluding hydrogens is 312 g/mol. The van der Waals surface area contributed by atoms with Crippen molar-refractivity contribution in [2.24, 2.45) is 0 Å². The van der Waals surface area contributed by atoms with E-state index in [0.29, 0.717) is 0 Å². The quantitative estimate of drug-likeness (QED) is 0.762. The smallest absolute Gasteiger partial charge is 0.117 e. The van der Waals surface area contributed by atoms with Crippen LogP contribution in [0.3, 0.4) is 0 Å². The molecule has 1 N–H and O–H groups in total. The summed E-state index contributed by atoms with van der Waals surface area (Å²) in [6.45, 7) is 3.83. The number of piperidine rings is 1. The predicted octanol–water partition coefficient (Wildman–Crippen LogP) is 4.04. The van der Waals surface area contributed by atoms with E-state index in [1.54, 1.807) is 16.2 Å². The molecule has 1 aliphatic rings. The number of thiazole rings is 1. The lowest BCUT2D eigenvalue weighted by Gasteiger charge is -2.23. The average molecular weight is 335 g/mol. The summed E-state index contributed by atoms with van der Waals surface area (Å²) in [5.41, 5.74) is 3.78. The van der Waals surface area contributed by atoms with Crippen LogP contribution < -0.4 is 4.90 Å². The SMILES string of the molecule is C(=C\c1nc2ccccc2s1)/c1ccc(C[NH+]2CCCCC2)cc1. The lowest BCUT2D eigenvalue weighted by molar-refractivity contribution is -0.918. The Morgan fingerprint density at radius 3 is 2.50 bits per heavy atom. The minimum atomic E-state index is 1.07. The molecule has 1 aliphatic heterocycles. The first kappa shape index (κ1) is 15.6. The lowest BCUT2D eigenvalue weighted by Crippen LogP contribution is -3.11. The number of benzene rings is 2. The van der Waals surface area contributed by atoms with Crippen molar-refractivity contribution in [3.05, 3.63) is 64.7 Å². The molecule has 2 heterocycles. The van der Waals surface area contributed by atoms with E-state index in [1.807, 2.05) is 6.07 Å². The molecule has 3 aromatic rings. The van der Waals surface area contributed by atoms with Gasteiger partial charge in [-0.1, -0.05) is 42.5 Å². The van der Waals surface area contributed by atoms with E-state index in [2.05, 4.69) is 59.6 Å². The van der Waals surface area contributed by atoms with E-state index in [1.165, 1.54) is 54.7 Å². The van der Waals surface area contributed by atoms with Gasteiger partial charge in [0.15, 0.2) is 0 Å². The van der Waals surface area contributed by atoms with Crippen molar-refractivity contribution in [2.45, 2.75) is 25.8 Å². The Labute approximate surface area is 147 Å². The molecule has 122 valence electrons. The van der Waals surface area contributed by atoms with Gasteiger partial charge in [0.05, 0.1) is 23.3 Å². The molecule has 1 aromatic heterocycles. The van der Waals surface area contributed by atoms with Crippen LogP contribution in [-0.4, -0.2) is 18.1 Å². The third-order valence-electron chi connectivity index (χ3n) is 4.72. The molecule has 1 fully saturated rings. The maximum absolute atomic E-state index is 4.65. The van der Waals surface area contributed by atoms with Crippen molar-refractivity contribution in [3.63, 3.8) is 0 Å². The summed E-state index contributed by atoms with van der Waals surface area (Å²) in [6, 6.07) is 17.3. The molecule has 4 rings (SSSR count). The van der Waals surface area contributed by atoms with Gasteiger partial charge in [0, 0.05) is 5.56 Å². The largest absolute Gasteiger partial charge is 0.331 e. The van der Waals surface area contributed by atoms with E-state index in [4.69, 9.17) is 0 Å². The third-order valence-corrected chi connectivity index (χ3v) is 5.72. The number of aromatic nitrogens is 1. The van der Waals surface area contributed by atoms with Crippen molar-refractivity contribution in [3.8, 4) is 0 Å². The number of rotatable bonds is 4. The first-order valence-corrected chi connectivity index (χ1v) is 9.65. The van der Waals surface area contributed by atoms with Crippen LogP contribution in [0.15, 0.2) is 48.5 Å². The molecule has 3 heteroatoms. The minimum Gasteiger partial charge on any atom is -0.331 e. The number of hydrogen-bond donors (Lipinski definition) is 1. The van der Waals surface area contributed by atoms with Gasteiger partial charge < -0.3 is 4.90 Å². The number of para-hydroxylation sites is 1. The van der Waals surface area contributed by atoms with Crippen molar-refractivity contribution >= 4 is 33.7 Å². The van der Waals surface area contributed by atoms with Crippen molar-refractivity contribution < 1.29 is 4.90 Å². The fraction of sp³-hybridized carbons (Fsp3) is 0.286. The van der Waals surface area contributed by atoms with Gasteiger partial charge in [0.25, 0.3) is 0 Å². The first-order chi connectivity index (χ1) is 11.9. The van der Waals surface area contributed by atoms with Crippen LogP contribution in [0.1, 0.15) is 35.4 Å². The third kappa shape index (κ3) is 3.74. The maximum atomic E-state index is 4.65. The number of nitrogens with one attached hydrogen (secondary N) is 1. The topological polar surface area (TPSA) is 17.3 Å². The van der Waals surface area contributed by atoms with Gasteiger partial charge in [-0.05, 0) is 43.0 Å². The van der Waals surface area contributed by atoms with E-state index >= 15 is 0 Å². The zero-order valence-corrected chi connectivity index (χ0v) is 14.7. The van der Waals surface area contributed by atoms with E-state index in [0.717, 1.165) is 10.5 Å². The highest BCUT2D eigenvalue weighted by atomic mass is 32.1. The summed E-state index contributed by atoms with van der Waals surface area (Å²) in [6.07, 6.45) is 8.47. The minimum absolute atomic E-state index is 1.07. The Kier molecular flexibility index (Phi) is 4.72. The summed E-state index contributed by atoms with van der Waals surface area (Å²) in [5.74, 6) is 0. The molecule has 0 bridgehead atoms. The van der Waals surface area contributed by atoms with Crippen LogP contribution in [0.5, 0.6) is 0 Å². The fourth-order valence-corrected chi connectivity index (χ4v) is 4.26. The van der Waals surface area contributed by atoms with Crippen LogP contribution in [0.2, 0.25) is 0 Å². The highest BCUT2D eigenvalue weighted by molar-refractivity contribution is 7.19. The van der Waals surface area contributed by atoms with Gasteiger partial charge in [0.2, 0.25) is 0 Å². The zero-order valence-electron chi connectivity index (χ0n) is 13.9. The van der Waals surface area contributed by atoms with E-state index in [-0.39, 0.29) is 0 Å². The maximum Gasteiger partial charge on any atom is 0.117 e. The van der Waals surface area contributed by atoms with Gasteiger partial charge in [-0.15, -0.1) is 11.3 Å². The molecule has 1 saturated heterocycles. The zero-order chi connectivity index (χ0) is 16.2. The van der Waals surface area contributed by atoms with Crippen molar-refractivity contribution in [2.75, 3.05) is 13.1 Å². The second kappa shape index (κ2) is 7.29. The summed E-state index contributed by atoms with van der Waals surface area (Å²) >= 11 is 1.74. The molecule has 0 aliphatic carbocycles. The van der Waals surface area contributed by atoms with Gasteiger partial charge in [0.1, 0.15) is 11.6 Å². The van der Waals surface area contributed by atoms with Crippen LogP contribution in [0.4, 0.5) is 0 Å². The number of quaternary nitrogens is 1. The second-order valence-corrected chi connectivity index (χ2v) is 7.64. The Morgan fingerprint density at radius 2 is 1.71 bits per heavy atom. The van der Waals surface area contributed by atoms with Crippen LogP contribution in [0, 0.1) is 0 Å². The molecule has 0 unspecified atom stereocenters. The first-order valence-electron chi connectivity index (χ1n) is 8.83. The monoisotopic (exact) mass is 335 g/mol.